The first-order chi connectivity index (χ1) is 6.65. The largest absolute Gasteiger partial charge is 0.426 e. The smallest absolute Gasteiger partial charge is 0.313 e. The van der Waals surface area contributed by atoms with E-state index in [1.54, 1.807) is 26.0 Å². The van der Waals surface area contributed by atoms with Gasteiger partial charge in [-0.05, 0) is 6.07 Å². The van der Waals surface area contributed by atoms with Crippen LogP contribution in [-0.4, -0.2) is 5.97 Å². The maximum absolute atomic E-state index is 11.3. The molecule has 2 nitrogen and oxygen atoms in total. The van der Waals surface area contributed by atoms with E-state index in [0.29, 0.717) is 5.75 Å². The van der Waals surface area contributed by atoms with E-state index in [0.717, 1.165) is 5.56 Å². The minimum atomic E-state index is -0.223. The molecule has 74 valence electrons. The lowest BCUT2D eigenvalue weighted by Crippen LogP contribution is -2.15. The summed E-state index contributed by atoms with van der Waals surface area (Å²) in [5.74, 6) is 0.230. The minimum Gasteiger partial charge on any atom is -0.426 e. The topological polar surface area (TPSA) is 26.3 Å². The molecular weight excluding hydrogens is 176 g/mol. The fourth-order valence-corrected chi connectivity index (χ4v) is 0.968. The van der Waals surface area contributed by atoms with Crippen LogP contribution >= 0.6 is 0 Å². The Kier molecular flexibility index (Phi) is 3.46. The van der Waals surface area contributed by atoms with E-state index >= 15 is 0 Å². The first kappa shape index (κ1) is 10.5. The van der Waals surface area contributed by atoms with Gasteiger partial charge in [0.2, 0.25) is 0 Å². The highest BCUT2D eigenvalue weighted by Gasteiger charge is 2.10. The van der Waals surface area contributed by atoms with Gasteiger partial charge in [-0.15, -0.1) is 0 Å². The zero-order valence-corrected chi connectivity index (χ0v) is 8.49. The lowest BCUT2D eigenvalue weighted by Gasteiger charge is -2.08. The number of hydrogen-bond donors (Lipinski definition) is 0. The summed E-state index contributed by atoms with van der Waals surface area (Å²) in [6.07, 6.45) is 1.67. The van der Waals surface area contributed by atoms with Crippen molar-refractivity contribution in [2.75, 3.05) is 0 Å². The molecule has 14 heavy (non-hydrogen) atoms. The van der Waals surface area contributed by atoms with E-state index in [1.807, 2.05) is 18.2 Å². The number of carbonyl (C=O) groups is 1. The molecule has 0 amide bonds. The van der Waals surface area contributed by atoms with Gasteiger partial charge in [0.1, 0.15) is 5.75 Å². The summed E-state index contributed by atoms with van der Waals surface area (Å²) in [5.41, 5.74) is 0.835. The number of hydrogen-bond acceptors (Lipinski definition) is 2. The molecule has 0 aliphatic carbocycles. The second kappa shape index (κ2) is 4.61. The van der Waals surface area contributed by atoms with Crippen LogP contribution in [0.15, 0.2) is 30.8 Å². The summed E-state index contributed by atoms with van der Waals surface area (Å²) in [7, 11) is 0. The Hall–Kier alpha value is -1.57. The normalized spacial score (nSPS) is 9.93. The molecule has 1 aromatic rings. The SMILES string of the molecule is C=Cc1ccccc1OC(=O)C(C)C. The van der Waals surface area contributed by atoms with Crippen molar-refractivity contribution in [2.24, 2.45) is 5.92 Å². The van der Waals surface area contributed by atoms with E-state index in [-0.39, 0.29) is 11.9 Å². The van der Waals surface area contributed by atoms with Gasteiger partial charge in [0.25, 0.3) is 0 Å². The zero-order valence-electron chi connectivity index (χ0n) is 8.49. The molecule has 0 radical (unpaired) electrons. The molecule has 0 atom stereocenters. The molecular formula is C12H14O2. The molecule has 0 heterocycles. The van der Waals surface area contributed by atoms with Gasteiger partial charge in [-0.2, -0.15) is 0 Å². The first-order valence-corrected chi connectivity index (χ1v) is 4.58. The van der Waals surface area contributed by atoms with Gasteiger partial charge >= 0.3 is 5.97 Å². The van der Waals surface area contributed by atoms with Gasteiger partial charge in [-0.25, -0.2) is 0 Å². The molecule has 0 bridgehead atoms. The fraction of sp³-hybridized carbons (Fsp3) is 0.250. The van der Waals surface area contributed by atoms with Crippen LogP contribution in [0.2, 0.25) is 0 Å². The average Bonchev–Trinajstić information content (AvgIpc) is 2.18. The summed E-state index contributed by atoms with van der Waals surface area (Å²) < 4.78 is 5.19. The van der Waals surface area contributed by atoms with Crippen LogP contribution in [0.4, 0.5) is 0 Å². The summed E-state index contributed by atoms with van der Waals surface area (Å²) in [6, 6.07) is 7.33. The van der Waals surface area contributed by atoms with E-state index in [4.69, 9.17) is 4.74 Å². The average molecular weight is 190 g/mol. The van der Waals surface area contributed by atoms with E-state index in [1.165, 1.54) is 0 Å². The van der Waals surface area contributed by atoms with Gasteiger partial charge in [-0.1, -0.05) is 44.7 Å². The summed E-state index contributed by atoms with van der Waals surface area (Å²) >= 11 is 0. The predicted molar refractivity (Wildman–Crippen MR) is 57.0 cm³/mol. The lowest BCUT2D eigenvalue weighted by atomic mass is 10.2. The van der Waals surface area contributed by atoms with Crippen LogP contribution in [0.5, 0.6) is 5.75 Å². The van der Waals surface area contributed by atoms with Crippen molar-refractivity contribution in [1.29, 1.82) is 0 Å². The second-order valence-electron chi connectivity index (χ2n) is 3.32. The Morgan fingerprint density at radius 2 is 2.07 bits per heavy atom. The maximum Gasteiger partial charge on any atom is 0.313 e. The predicted octanol–water partition coefficient (Wildman–Crippen LogP) is 2.89. The molecule has 1 aromatic carbocycles. The number of benzene rings is 1. The van der Waals surface area contributed by atoms with Crippen molar-refractivity contribution in [2.45, 2.75) is 13.8 Å². The Labute approximate surface area is 84.2 Å². The van der Waals surface area contributed by atoms with Crippen LogP contribution in [0, 0.1) is 5.92 Å². The fourth-order valence-electron chi connectivity index (χ4n) is 0.968. The third-order valence-electron chi connectivity index (χ3n) is 1.82. The van der Waals surface area contributed by atoms with Crippen molar-refractivity contribution >= 4 is 12.0 Å². The molecule has 0 saturated heterocycles. The highest BCUT2D eigenvalue weighted by Crippen LogP contribution is 2.19. The number of ether oxygens (including phenoxy) is 1. The van der Waals surface area contributed by atoms with Crippen molar-refractivity contribution in [3.63, 3.8) is 0 Å². The maximum atomic E-state index is 11.3. The molecule has 1 rings (SSSR count). The van der Waals surface area contributed by atoms with Crippen LogP contribution in [-0.2, 0) is 4.79 Å². The van der Waals surface area contributed by atoms with Crippen LogP contribution in [0.3, 0.4) is 0 Å². The quantitative estimate of drug-likeness (QED) is 0.541. The molecule has 0 saturated carbocycles. The van der Waals surface area contributed by atoms with Gasteiger partial charge in [0, 0.05) is 5.56 Å². The van der Waals surface area contributed by atoms with Gasteiger partial charge < -0.3 is 4.74 Å². The standard InChI is InChI=1S/C12H14O2/c1-4-10-7-5-6-8-11(10)14-12(13)9(2)3/h4-9H,1H2,2-3H3. The molecule has 0 spiro atoms. The molecule has 0 unspecified atom stereocenters. The molecule has 0 aliphatic heterocycles. The van der Waals surface area contributed by atoms with Gasteiger partial charge in [-0.3, -0.25) is 4.79 Å². The Morgan fingerprint density at radius 1 is 1.43 bits per heavy atom. The van der Waals surface area contributed by atoms with Gasteiger partial charge in [0.15, 0.2) is 0 Å². The van der Waals surface area contributed by atoms with Crippen molar-refractivity contribution in [1.82, 2.24) is 0 Å². The summed E-state index contributed by atoms with van der Waals surface area (Å²) in [5, 5.41) is 0. The molecule has 0 fully saturated rings. The minimum absolute atomic E-state index is 0.118. The molecule has 2 heteroatoms. The van der Waals surface area contributed by atoms with Crippen molar-refractivity contribution in [3.8, 4) is 5.75 Å². The lowest BCUT2D eigenvalue weighted by molar-refractivity contribution is -0.137. The Morgan fingerprint density at radius 3 is 2.64 bits per heavy atom. The Balaban J connectivity index is 2.85. The number of carbonyl (C=O) groups excluding carboxylic acids is 1. The Bertz CT molecular complexity index is 340. The van der Waals surface area contributed by atoms with Crippen LogP contribution < -0.4 is 4.74 Å². The zero-order chi connectivity index (χ0) is 10.6. The van der Waals surface area contributed by atoms with Gasteiger partial charge in [0.05, 0.1) is 5.92 Å². The molecule has 0 N–H and O–H groups in total. The molecule has 0 aromatic heterocycles. The number of rotatable bonds is 3. The highest BCUT2D eigenvalue weighted by molar-refractivity contribution is 5.75. The highest BCUT2D eigenvalue weighted by atomic mass is 16.5. The van der Waals surface area contributed by atoms with E-state index in [2.05, 4.69) is 6.58 Å². The number of esters is 1. The van der Waals surface area contributed by atoms with Crippen LogP contribution in [0.1, 0.15) is 19.4 Å². The monoisotopic (exact) mass is 190 g/mol. The summed E-state index contributed by atoms with van der Waals surface area (Å²) in [6.45, 7) is 7.26. The van der Waals surface area contributed by atoms with E-state index < -0.39 is 0 Å². The molecule has 0 aliphatic rings. The van der Waals surface area contributed by atoms with Crippen molar-refractivity contribution < 1.29 is 9.53 Å². The summed E-state index contributed by atoms with van der Waals surface area (Å²) in [4.78, 5) is 11.3. The van der Waals surface area contributed by atoms with Crippen molar-refractivity contribution in [3.05, 3.63) is 36.4 Å². The number of para-hydroxylation sites is 1. The first-order valence-electron chi connectivity index (χ1n) is 4.58. The second-order valence-corrected chi connectivity index (χ2v) is 3.32. The van der Waals surface area contributed by atoms with Crippen LogP contribution in [0.25, 0.3) is 6.08 Å². The third kappa shape index (κ3) is 2.46. The van der Waals surface area contributed by atoms with E-state index in [9.17, 15) is 4.79 Å². The third-order valence-corrected chi connectivity index (χ3v) is 1.82.